The summed E-state index contributed by atoms with van der Waals surface area (Å²) < 4.78 is 0. The monoisotopic (exact) mass is 384 g/mol. The second-order valence-electron chi connectivity index (χ2n) is 10.8. The van der Waals surface area contributed by atoms with Gasteiger partial charge in [0.05, 0.1) is 6.67 Å². The van der Waals surface area contributed by atoms with Gasteiger partial charge < -0.3 is 4.90 Å². The average molecular weight is 385 g/mol. The molecule has 2 aromatic rings. The fourth-order valence-electron chi connectivity index (χ4n) is 8.76. The lowest BCUT2D eigenvalue weighted by molar-refractivity contribution is 0.226. The Labute approximate surface area is 174 Å². The molecule has 1 heterocycles. The van der Waals surface area contributed by atoms with Crippen molar-refractivity contribution >= 4 is 5.69 Å². The van der Waals surface area contributed by atoms with Crippen molar-refractivity contribution in [2.75, 3.05) is 25.2 Å². The molecule has 0 N–H and O–H groups in total. The molecule has 0 aromatic heterocycles. The van der Waals surface area contributed by atoms with E-state index in [1.54, 1.807) is 44.6 Å². The molecule has 150 valence electrons. The van der Waals surface area contributed by atoms with Gasteiger partial charge in [-0.05, 0) is 116 Å². The Hall–Kier alpha value is -1.80. The van der Waals surface area contributed by atoms with Gasteiger partial charge in [-0.25, -0.2) is 0 Å². The Morgan fingerprint density at radius 3 is 2.31 bits per heavy atom. The van der Waals surface area contributed by atoms with Gasteiger partial charge in [-0.2, -0.15) is 0 Å². The Morgan fingerprint density at radius 2 is 1.59 bits per heavy atom. The lowest BCUT2D eigenvalue weighted by Crippen LogP contribution is -2.45. The van der Waals surface area contributed by atoms with Crippen molar-refractivity contribution in [3.05, 3.63) is 62.7 Å². The van der Waals surface area contributed by atoms with E-state index in [0.717, 1.165) is 55.3 Å². The van der Waals surface area contributed by atoms with Crippen LogP contribution in [0, 0.1) is 32.6 Å². The van der Waals surface area contributed by atoms with Crippen LogP contribution in [0.25, 0.3) is 0 Å². The fourth-order valence-corrected chi connectivity index (χ4v) is 8.76. The summed E-state index contributed by atoms with van der Waals surface area (Å²) >= 11 is 0. The first-order chi connectivity index (χ1) is 14.0. The van der Waals surface area contributed by atoms with Crippen LogP contribution in [0.2, 0.25) is 0 Å². The minimum absolute atomic E-state index is 0.842. The van der Waals surface area contributed by atoms with E-state index in [4.69, 9.17) is 0 Å². The number of fused-ring (bicyclic) bond motifs is 15. The summed E-state index contributed by atoms with van der Waals surface area (Å²) in [6, 6.07) is 7.57. The normalized spacial score (nSPS) is 35.3. The third kappa shape index (κ3) is 1.80. The van der Waals surface area contributed by atoms with E-state index in [2.05, 4.69) is 62.7 Å². The molecule has 5 aliphatic rings. The smallest absolute Gasteiger partial charge is 0.0707 e. The van der Waals surface area contributed by atoms with Crippen molar-refractivity contribution in [3.63, 3.8) is 0 Å². The van der Waals surface area contributed by atoms with Crippen molar-refractivity contribution in [1.29, 1.82) is 0 Å². The highest BCUT2D eigenvalue weighted by molar-refractivity contribution is 5.71. The van der Waals surface area contributed by atoms with Crippen LogP contribution in [0.5, 0.6) is 0 Å². The number of benzene rings is 2. The molecule has 2 nitrogen and oxygen atoms in total. The van der Waals surface area contributed by atoms with E-state index in [9.17, 15) is 0 Å². The molecule has 0 radical (unpaired) electrons. The van der Waals surface area contributed by atoms with Gasteiger partial charge >= 0.3 is 0 Å². The topological polar surface area (TPSA) is 6.48 Å². The molecule has 6 atom stereocenters. The molecule has 2 saturated carbocycles. The highest BCUT2D eigenvalue weighted by atomic mass is 15.3. The highest BCUT2D eigenvalue weighted by Crippen LogP contribution is 2.79. The Kier molecular flexibility index (Phi) is 3.08. The van der Waals surface area contributed by atoms with Gasteiger partial charge in [0.15, 0.2) is 0 Å². The summed E-state index contributed by atoms with van der Waals surface area (Å²) in [5.41, 5.74) is 14.8. The predicted octanol–water partition coefficient (Wildman–Crippen LogP) is 5.55. The molecule has 0 spiro atoms. The molecular weight excluding hydrogens is 352 g/mol. The number of nitrogens with zero attached hydrogens (tertiary/aromatic N) is 2. The maximum absolute atomic E-state index is 2.63. The molecule has 2 bridgehead atoms. The van der Waals surface area contributed by atoms with Gasteiger partial charge in [0, 0.05) is 18.8 Å². The number of hydrogen-bond donors (Lipinski definition) is 0. The zero-order valence-electron chi connectivity index (χ0n) is 18.4. The number of rotatable bonds is 1. The van der Waals surface area contributed by atoms with E-state index in [1.807, 2.05) is 0 Å². The fraction of sp³-hybridized carbons (Fsp3) is 0.556. The van der Waals surface area contributed by atoms with E-state index in [-0.39, 0.29) is 0 Å². The molecule has 2 fully saturated rings. The van der Waals surface area contributed by atoms with Crippen molar-refractivity contribution in [3.8, 4) is 0 Å². The van der Waals surface area contributed by atoms with Crippen LogP contribution in [0.1, 0.15) is 81.5 Å². The van der Waals surface area contributed by atoms with Crippen molar-refractivity contribution in [1.82, 2.24) is 4.90 Å². The Balaban J connectivity index is 1.35. The van der Waals surface area contributed by atoms with E-state index in [0.29, 0.717) is 0 Å². The highest BCUT2D eigenvalue weighted by Gasteiger charge is 2.67. The van der Waals surface area contributed by atoms with Crippen molar-refractivity contribution in [2.45, 2.75) is 64.3 Å². The summed E-state index contributed by atoms with van der Waals surface area (Å²) in [4.78, 5) is 5.07. The number of anilines is 1. The molecule has 1 aliphatic heterocycles. The minimum Gasteiger partial charge on any atom is -0.358 e. The SMILES string of the molecule is CCN1CN(C)Cc2cc3c(c(C)c21)C1C2CC(C31)C1c3c(C)cc(C)cc3C21. The lowest BCUT2D eigenvalue weighted by Gasteiger charge is -2.56. The summed E-state index contributed by atoms with van der Waals surface area (Å²) in [5.74, 6) is 5.19. The molecule has 6 unspecified atom stereocenters. The Morgan fingerprint density at radius 1 is 0.897 bits per heavy atom. The summed E-state index contributed by atoms with van der Waals surface area (Å²) in [6.45, 7) is 12.7. The van der Waals surface area contributed by atoms with E-state index in [1.165, 1.54) is 12.0 Å². The van der Waals surface area contributed by atoms with Crippen molar-refractivity contribution < 1.29 is 0 Å². The van der Waals surface area contributed by atoms with Crippen LogP contribution in [-0.2, 0) is 6.54 Å². The van der Waals surface area contributed by atoms with Crippen LogP contribution in [-0.4, -0.2) is 25.2 Å². The third-order valence-electron chi connectivity index (χ3n) is 9.37. The molecular formula is C27H32N2. The summed E-state index contributed by atoms with van der Waals surface area (Å²) in [6.07, 6.45) is 1.47. The summed E-state index contributed by atoms with van der Waals surface area (Å²) in [7, 11) is 2.27. The van der Waals surface area contributed by atoms with Gasteiger partial charge in [-0.15, -0.1) is 0 Å². The maximum Gasteiger partial charge on any atom is 0.0707 e. The van der Waals surface area contributed by atoms with E-state index >= 15 is 0 Å². The van der Waals surface area contributed by atoms with Crippen LogP contribution in [0.15, 0.2) is 18.2 Å². The van der Waals surface area contributed by atoms with Crippen LogP contribution < -0.4 is 4.90 Å². The first-order valence-electron chi connectivity index (χ1n) is 11.7. The standard InChI is InChI=1S/C27H32N2/c1-6-29-12-28(5)11-16-9-18-22(15(4)27(16)29)26-20-10-19(24(18)26)25-21-14(3)7-13(2)8-17(21)23(20)25/h7-9,19-20,23-26H,6,10-12H2,1-5H3. The Bertz CT molecular complexity index is 1080. The first-order valence-corrected chi connectivity index (χ1v) is 11.7. The molecule has 29 heavy (non-hydrogen) atoms. The second kappa shape index (κ2) is 5.27. The van der Waals surface area contributed by atoms with Crippen LogP contribution >= 0.6 is 0 Å². The molecule has 4 aliphatic carbocycles. The zero-order chi connectivity index (χ0) is 19.8. The quantitative estimate of drug-likeness (QED) is 0.595. The van der Waals surface area contributed by atoms with Gasteiger partial charge in [-0.1, -0.05) is 23.8 Å². The second-order valence-corrected chi connectivity index (χ2v) is 10.8. The number of aryl methyl sites for hydroxylation is 2. The molecule has 0 amide bonds. The van der Waals surface area contributed by atoms with Gasteiger partial charge in [0.25, 0.3) is 0 Å². The first kappa shape index (κ1) is 16.9. The molecule has 2 heteroatoms. The predicted molar refractivity (Wildman–Crippen MR) is 119 cm³/mol. The van der Waals surface area contributed by atoms with Gasteiger partial charge in [-0.3, -0.25) is 4.90 Å². The maximum atomic E-state index is 2.63. The largest absolute Gasteiger partial charge is 0.358 e. The van der Waals surface area contributed by atoms with Crippen LogP contribution in [0.3, 0.4) is 0 Å². The third-order valence-corrected chi connectivity index (χ3v) is 9.37. The number of hydrogen-bond acceptors (Lipinski definition) is 2. The average Bonchev–Trinajstić information content (AvgIpc) is 3.10. The van der Waals surface area contributed by atoms with Crippen molar-refractivity contribution in [2.24, 2.45) is 11.8 Å². The zero-order valence-corrected chi connectivity index (χ0v) is 18.4. The summed E-state index contributed by atoms with van der Waals surface area (Å²) in [5, 5.41) is 0. The molecule has 0 saturated heterocycles. The van der Waals surface area contributed by atoms with E-state index < -0.39 is 0 Å². The molecule has 7 rings (SSSR count). The van der Waals surface area contributed by atoms with Gasteiger partial charge in [0.1, 0.15) is 0 Å². The van der Waals surface area contributed by atoms with Crippen LogP contribution in [0.4, 0.5) is 5.69 Å². The molecule has 2 aromatic carbocycles. The lowest BCUT2D eigenvalue weighted by atomic mass is 9.48. The minimum atomic E-state index is 0.842. The van der Waals surface area contributed by atoms with Gasteiger partial charge in [0.2, 0.25) is 0 Å².